The lowest BCUT2D eigenvalue weighted by Crippen LogP contribution is -2.05. The first-order chi connectivity index (χ1) is 12.3. The van der Waals surface area contributed by atoms with E-state index in [1.807, 2.05) is 0 Å². The number of hydrogen-bond donors (Lipinski definition) is 2. The van der Waals surface area contributed by atoms with Crippen LogP contribution in [-0.2, 0) is 6.18 Å². The zero-order valence-corrected chi connectivity index (χ0v) is 13.5. The molecule has 0 bridgehead atoms. The Morgan fingerprint density at radius 2 is 1.08 bits per heavy atom. The summed E-state index contributed by atoms with van der Waals surface area (Å²) in [6.45, 7) is 0. The molecular weight excluding hydrogens is 345 g/mol. The third kappa shape index (κ3) is 4.38. The number of nitrogens with two attached hydrogens (primary N) is 2. The highest BCUT2D eigenvalue weighted by Crippen LogP contribution is 2.38. The van der Waals surface area contributed by atoms with Crippen molar-refractivity contribution in [2.75, 3.05) is 11.5 Å². The number of ether oxygens (including phenoxy) is 2. The summed E-state index contributed by atoms with van der Waals surface area (Å²) in [6, 6.07) is 15.9. The second-order valence-electron chi connectivity index (χ2n) is 5.54. The summed E-state index contributed by atoms with van der Waals surface area (Å²) in [5, 5.41) is 0. The Bertz CT molecular complexity index is 861. The van der Waals surface area contributed by atoms with Crippen LogP contribution < -0.4 is 20.9 Å². The Kier molecular flexibility index (Phi) is 4.62. The average Bonchev–Trinajstić information content (AvgIpc) is 2.54. The van der Waals surface area contributed by atoms with Gasteiger partial charge in [0.2, 0.25) is 0 Å². The Balaban J connectivity index is 1.96. The van der Waals surface area contributed by atoms with Gasteiger partial charge in [-0.15, -0.1) is 0 Å². The van der Waals surface area contributed by atoms with Crippen molar-refractivity contribution in [1.82, 2.24) is 0 Å². The van der Waals surface area contributed by atoms with Crippen LogP contribution in [0.2, 0.25) is 0 Å². The van der Waals surface area contributed by atoms with Crippen molar-refractivity contribution in [1.29, 1.82) is 0 Å². The highest BCUT2D eigenvalue weighted by molar-refractivity contribution is 5.49. The molecule has 3 aromatic rings. The normalized spacial score (nSPS) is 11.2. The van der Waals surface area contributed by atoms with Crippen LogP contribution in [0.5, 0.6) is 23.0 Å². The highest BCUT2D eigenvalue weighted by atomic mass is 19.4. The quantitative estimate of drug-likeness (QED) is 0.607. The topological polar surface area (TPSA) is 70.5 Å². The molecular formula is C19H15F3N2O2. The molecule has 4 N–H and O–H groups in total. The fourth-order valence-corrected chi connectivity index (χ4v) is 2.28. The summed E-state index contributed by atoms with van der Waals surface area (Å²) in [4.78, 5) is 0. The summed E-state index contributed by atoms with van der Waals surface area (Å²) in [6.07, 6.45) is -4.55. The van der Waals surface area contributed by atoms with E-state index in [1.165, 1.54) is 18.2 Å². The lowest BCUT2D eigenvalue weighted by molar-refractivity contribution is -0.137. The molecule has 7 heteroatoms. The summed E-state index contributed by atoms with van der Waals surface area (Å²) < 4.78 is 50.6. The van der Waals surface area contributed by atoms with Crippen molar-refractivity contribution in [3.05, 3.63) is 72.3 Å². The fourth-order valence-electron chi connectivity index (χ4n) is 2.28. The zero-order chi connectivity index (χ0) is 18.7. The maximum atomic E-state index is 13.2. The largest absolute Gasteiger partial charge is 0.457 e. The molecule has 0 saturated carbocycles. The maximum absolute atomic E-state index is 13.2. The van der Waals surface area contributed by atoms with Gasteiger partial charge in [0.25, 0.3) is 0 Å². The van der Waals surface area contributed by atoms with Crippen LogP contribution in [0.1, 0.15) is 5.56 Å². The number of rotatable bonds is 4. The van der Waals surface area contributed by atoms with Gasteiger partial charge in [-0.3, -0.25) is 0 Å². The molecule has 0 aliphatic carbocycles. The number of halogens is 3. The number of alkyl halides is 3. The molecule has 0 amide bonds. The molecule has 26 heavy (non-hydrogen) atoms. The Hall–Kier alpha value is -3.35. The van der Waals surface area contributed by atoms with Crippen molar-refractivity contribution in [2.45, 2.75) is 6.18 Å². The smallest absolute Gasteiger partial charge is 0.416 e. The van der Waals surface area contributed by atoms with Gasteiger partial charge in [-0.2, -0.15) is 13.2 Å². The number of anilines is 2. The summed E-state index contributed by atoms with van der Waals surface area (Å²) in [5.74, 6) is 0.590. The number of hydrogen-bond acceptors (Lipinski definition) is 4. The Labute approximate surface area is 147 Å². The van der Waals surface area contributed by atoms with Crippen molar-refractivity contribution in [3.8, 4) is 23.0 Å². The first-order valence-electron chi connectivity index (χ1n) is 7.59. The van der Waals surface area contributed by atoms with Gasteiger partial charge in [-0.25, -0.2) is 0 Å². The van der Waals surface area contributed by atoms with Gasteiger partial charge in [0.1, 0.15) is 23.0 Å². The van der Waals surface area contributed by atoms with E-state index in [1.54, 1.807) is 36.4 Å². The molecule has 0 aromatic heterocycles. The summed E-state index contributed by atoms with van der Waals surface area (Å²) >= 11 is 0. The first-order valence-corrected chi connectivity index (χ1v) is 7.59. The van der Waals surface area contributed by atoms with Crippen LogP contribution in [0.15, 0.2) is 66.7 Å². The van der Waals surface area contributed by atoms with E-state index >= 15 is 0 Å². The highest BCUT2D eigenvalue weighted by Gasteiger charge is 2.32. The van der Waals surface area contributed by atoms with Gasteiger partial charge in [0.15, 0.2) is 0 Å². The SMILES string of the molecule is Nc1cccc(Oc2cc(Oc3cccc(N)c3)cc(C(F)(F)F)c2)c1. The molecule has 0 aliphatic heterocycles. The molecule has 4 nitrogen and oxygen atoms in total. The van der Waals surface area contributed by atoms with E-state index in [9.17, 15) is 13.2 Å². The van der Waals surface area contributed by atoms with Crippen LogP contribution in [0.4, 0.5) is 24.5 Å². The van der Waals surface area contributed by atoms with Gasteiger partial charge in [0, 0.05) is 29.6 Å². The van der Waals surface area contributed by atoms with Crippen LogP contribution in [0, 0.1) is 0 Å². The Morgan fingerprint density at radius 3 is 1.46 bits per heavy atom. The second kappa shape index (κ2) is 6.87. The predicted molar refractivity (Wildman–Crippen MR) is 93.3 cm³/mol. The van der Waals surface area contributed by atoms with E-state index in [0.717, 1.165) is 12.1 Å². The monoisotopic (exact) mass is 360 g/mol. The summed E-state index contributed by atoms with van der Waals surface area (Å²) in [7, 11) is 0. The van der Waals surface area contributed by atoms with Crippen molar-refractivity contribution >= 4 is 11.4 Å². The van der Waals surface area contributed by atoms with E-state index in [-0.39, 0.29) is 11.5 Å². The third-order valence-electron chi connectivity index (χ3n) is 3.39. The van der Waals surface area contributed by atoms with E-state index in [0.29, 0.717) is 22.9 Å². The summed E-state index contributed by atoms with van der Waals surface area (Å²) in [5.41, 5.74) is 11.3. The molecule has 3 rings (SSSR count). The maximum Gasteiger partial charge on any atom is 0.416 e. The van der Waals surface area contributed by atoms with Gasteiger partial charge < -0.3 is 20.9 Å². The molecule has 3 aromatic carbocycles. The van der Waals surface area contributed by atoms with Crippen LogP contribution in [-0.4, -0.2) is 0 Å². The lowest BCUT2D eigenvalue weighted by Gasteiger charge is -2.14. The molecule has 0 fully saturated rings. The first kappa shape index (κ1) is 17.5. The number of nitrogen functional groups attached to an aromatic ring is 2. The molecule has 0 heterocycles. The van der Waals surface area contributed by atoms with Crippen LogP contribution >= 0.6 is 0 Å². The van der Waals surface area contributed by atoms with Gasteiger partial charge >= 0.3 is 6.18 Å². The van der Waals surface area contributed by atoms with Crippen molar-refractivity contribution in [3.63, 3.8) is 0 Å². The van der Waals surface area contributed by atoms with Gasteiger partial charge in [-0.05, 0) is 36.4 Å². The fraction of sp³-hybridized carbons (Fsp3) is 0.0526. The standard InChI is InChI=1S/C19H15F3N2O2/c20-19(21,22)12-7-17(25-15-5-1-3-13(23)9-15)11-18(8-12)26-16-6-2-4-14(24)10-16/h1-11H,23-24H2. The van der Waals surface area contributed by atoms with Gasteiger partial charge in [0.05, 0.1) is 5.56 Å². The van der Waals surface area contributed by atoms with Crippen LogP contribution in [0.25, 0.3) is 0 Å². The molecule has 0 aliphatic rings. The molecule has 0 saturated heterocycles. The van der Waals surface area contributed by atoms with Crippen molar-refractivity contribution in [2.24, 2.45) is 0 Å². The minimum absolute atomic E-state index is 0.0238. The average molecular weight is 360 g/mol. The van der Waals surface area contributed by atoms with E-state index in [2.05, 4.69) is 0 Å². The molecule has 134 valence electrons. The predicted octanol–water partition coefficient (Wildman–Crippen LogP) is 5.45. The molecule has 0 spiro atoms. The van der Waals surface area contributed by atoms with Crippen LogP contribution in [0.3, 0.4) is 0 Å². The van der Waals surface area contributed by atoms with E-state index in [4.69, 9.17) is 20.9 Å². The zero-order valence-electron chi connectivity index (χ0n) is 13.5. The minimum Gasteiger partial charge on any atom is -0.457 e. The molecule has 0 radical (unpaired) electrons. The third-order valence-corrected chi connectivity index (χ3v) is 3.39. The minimum atomic E-state index is -4.55. The van der Waals surface area contributed by atoms with E-state index < -0.39 is 11.7 Å². The number of benzene rings is 3. The lowest BCUT2D eigenvalue weighted by atomic mass is 10.2. The van der Waals surface area contributed by atoms with Gasteiger partial charge in [-0.1, -0.05) is 12.1 Å². The second-order valence-corrected chi connectivity index (χ2v) is 5.54. The molecule has 0 unspecified atom stereocenters. The molecule has 0 atom stereocenters. The van der Waals surface area contributed by atoms with Crippen molar-refractivity contribution < 1.29 is 22.6 Å². The Morgan fingerprint density at radius 1 is 0.615 bits per heavy atom.